The van der Waals surface area contributed by atoms with E-state index in [1.54, 1.807) is 6.07 Å². The molecule has 0 saturated heterocycles. The summed E-state index contributed by atoms with van der Waals surface area (Å²) in [7, 11) is 0. The number of carboxylic acid groups (broad SMARTS) is 1. The van der Waals surface area contributed by atoms with Crippen molar-refractivity contribution in [3.05, 3.63) is 51.5 Å². The molecule has 2 heterocycles. The Labute approximate surface area is 130 Å². The van der Waals surface area contributed by atoms with Crippen LogP contribution >= 0.6 is 22.9 Å². The maximum Gasteiger partial charge on any atom is 0.345 e. The van der Waals surface area contributed by atoms with E-state index in [0.29, 0.717) is 16.4 Å². The highest BCUT2D eigenvalue weighted by atomic mass is 35.5. The van der Waals surface area contributed by atoms with Gasteiger partial charge in [0.25, 0.3) is 0 Å². The smallest absolute Gasteiger partial charge is 0.345 e. The first-order valence-electron chi connectivity index (χ1n) is 6.55. The van der Waals surface area contributed by atoms with Gasteiger partial charge in [-0.3, -0.25) is 4.68 Å². The third-order valence-corrected chi connectivity index (χ3v) is 4.64. The van der Waals surface area contributed by atoms with Crippen molar-refractivity contribution in [3.8, 4) is 0 Å². The maximum absolute atomic E-state index is 11.1. The Bertz CT molecular complexity index is 822. The van der Waals surface area contributed by atoms with Crippen LogP contribution in [0.2, 0.25) is 5.02 Å². The lowest BCUT2D eigenvalue weighted by Gasteiger charge is -2.03. The summed E-state index contributed by atoms with van der Waals surface area (Å²) in [6.45, 7) is 2.60. The second kappa shape index (κ2) is 5.50. The highest BCUT2D eigenvalue weighted by Crippen LogP contribution is 2.29. The van der Waals surface area contributed by atoms with Gasteiger partial charge in [0.05, 0.1) is 12.2 Å². The Morgan fingerprint density at radius 2 is 2.24 bits per heavy atom. The number of hydrogen-bond donors (Lipinski definition) is 1. The van der Waals surface area contributed by atoms with Gasteiger partial charge in [-0.2, -0.15) is 5.10 Å². The monoisotopic (exact) mass is 320 g/mol. The van der Waals surface area contributed by atoms with E-state index in [4.69, 9.17) is 16.7 Å². The minimum absolute atomic E-state index is 0.344. The fourth-order valence-electron chi connectivity index (χ4n) is 2.31. The number of fused-ring (bicyclic) bond motifs is 1. The van der Waals surface area contributed by atoms with E-state index in [0.717, 1.165) is 27.9 Å². The molecule has 0 radical (unpaired) electrons. The Morgan fingerprint density at radius 1 is 1.43 bits per heavy atom. The maximum atomic E-state index is 11.1. The second-order valence-electron chi connectivity index (χ2n) is 4.72. The van der Waals surface area contributed by atoms with Crippen molar-refractivity contribution >= 4 is 39.1 Å². The first-order chi connectivity index (χ1) is 10.1. The molecule has 1 aromatic carbocycles. The molecular weight excluding hydrogens is 308 g/mol. The fourth-order valence-corrected chi connectivity index (χ4v) is 3.49. The van der Waals surface area contributed by atoms with Crippen molar-refractivity contribution in [2.24, 2.45) is 0 Å². The predicted octanol–water partition coefficient (Wildman–Crippen LogP) is 4.06. The summed E-state index contributed by atoms with van der Waals surface area (Å²) in [6, 6.07) is 9.32. The lowest BCUT2D eigenvalue weighted by Crippen LogP contribution is -2.01. The third kappa shape index (κ3) is 2.66. The minimum Gasteiger partial charge on any atom is -0.477 e. The molecule has 0 aliphatic heterocycles. The molecule has 6 heteroatoms. The Balaban J connectivity index is 2.07. The largest absolute Gasteiger partial charge is 0.477 e. The molecule has 0 saturated carbocycles. The molecule has 0 atom stereocenters. The average molecular weight is 321 g/mol. The normalized spacial score (nSPS) is 11.1. The number of carbonyl (C=O) groups is 1. The van der Waals surface area contributed by atoms with Crippen LogP contribution in [-0.4, -0.2) is 20.9 Å². The number of rotatable bonds is 4. The fraction of sp³-hybridized carbons (Fsp3) is 0.200. The summed E-state index contributed by atoms with van der Waals surface area (Å²) in [5.74, 6) is -0.896. The lowest BCUT2D eigenvalue weighted by atomic mass is 10.2. The van der Waals surface area contributed by atoms with E-state index in [2.05, 4.69) is 5.10 Å². The van der Waals surface area contributed by atoms with Crippen molar-refractivity contribution in [2.45, 2.75) is 19.9 Å². The van der Waals surface area contributed by atoms with E-state index >= 15 is 0 Å². The third-order valence-electron chi connectivity index (χ3n) is 3.27. The van der Waals surface area contributed by atoms with Gasteiger partial charge in [-0.1, -0.05) is 30.7 Å². The van der Waals surface area contributed by atoms with Gasteiger partial charge < -0.3 is 5.11 Å². The molecule has 0 aliphatic rings. The number of nitrogens with zero attached hydrogens (tertiary/aromatic N) is 2. The van der Waals surface area contributed by atoms with Gasteiger partial charge >= 0.3 is 5.97 Å². The molecule has 3 aromatic rings. The first kappa shape index (κ1) is 14.1. The minimum atomic E-state index is -0.896. The van der Waals surface area contributed by atoms with Crippen LogP contribution in [0.1, 0.15) is 27.9 Å². The number of benzene rings is 1. The van der Waals surface area contributed by atoms with Crippen LogP contribution in [0.4, 0.5) is 0 Å². The van der Waals surface area contributed by atoms with Crippen molar-refractivity contribution in [1.82, 2.24) is 9.78 Å². The number of aromatic carboxylic acids is 1. The number of carboxylic acids is 1. The quantitative estimate of drug-likeness (QED) is 0.788. The van der Waals surface area contributed by atoms with Gasteiger partial charge in [0, 0.05) is 10.4 Å². The molecule has 1 N–H and O–H groups in total. The molecule has 0 amide bonds. The molecule has 0 aliphatic carbocycles. The van der Waals surface area contributed by atoms with E-state index < -0.39 is 5.97 Å². The molecule has 0 spiro atoms. The highest BCUT2D eigenvalue weighted by molar-refractivity contribution is 7.20. The molecule has 2 aromatic heterocycles. The lowest BCUT2D eigenvalue weighted by molar-refractivity contribution is 0.0702. The Kier molecular flexibility index (Phi) is 3.69. The average Bonchev–Trinajstić information content (AvgIpc) is 2.99. The summed E-state index contributed by atoms with van der Waals surface area (Å²) in [5.41, 5.74) is 1.97. The number of aromatic nitrogens is 2. The van der Waals surface area contributed by atoms with Crippen molar-refractivity contribution in [1.29, 1.82) is 0 Å². The van der Waals surface area contributed by atoms with Crippen LogP contribution in [0.5, 0.6) is 0 Å². The Hall–Kier alpha value is -1.85. The SMILES string of the molecule is CCc1nn(Cc2cccc(Cl)c2)c2sc(C(=O)O)cc12. The zero-order valence-corrected chi connectivity index (χ0v) is 12.9. The predicted molar refractivity (Wildman–Crippen MR) is 84.5 cm³/mol. The van der Waals surface area contributed by atoms with Crippen molar-refractivity contribution < 1.29 is 9.90 Å². The highest BCUT2D eigenvalue weighted by Gasteiger charge is 2.16. The van der Waals surface area contributed by atoms with Crippen LogP contribution in [0.15, 0.2) is 30.3 Å². The van der Waals surface area contributed by atoms with E-state index in [1.165, 1.54) is 11.3 Å². The van der Waals surface area contributed by atoms with E-state index in [1.807, 2.05) is 35.9 Å². The topological polar surface area (TPSA) is 55.1 Å². The van der Waals surface area contributed by atoms with E-state index in [-0.39, 0.29) is 0 Å². The molecule has 4 nitrogen and oxygen atoms in total. The molecule has 0 unspecified atom stereocenters. The molecule has 3 rings (SSSR count). The van der Waals surface area contributed by atoms with E-state index in [9.17, 15) is 4.79 Å². The van der Waals surface area contributed by atoms with Crippen LogP contribution < -0.4 is 0 Å². The summed E-state index contributed by atoms with van der Waals surface area (Å²) >= 11 is 7.26. The first-order valence-corrected chi connectivity index (χ1v) is 7.75. The molecule has 21 heavy (non-hydrogen) atoms. The van der Waals surface area contributed by atoms with Gasteiger partial charge in [-0.15, -0.1) is 11.3 Å². The number of thiophene rings is 1. The van der Waals surface area contributed by atoms with Crippen LogP contribution in [-0.2, 0) is 13.0 Å². The molecule has 108 valence electrons. The van der Waals surface area contributed by atoms with Crippen LogP contribution in [0.3, 0.4) is 0 Å². The molecule has 0 bridgehead atoms. The Morgan fingerprint density at radius 3 is 2.90 bits per heavy atom. The number of aryl methyl sites for hydroxylation is 1. The summed E-state index contributed by atoms with van der Waals surface area (Å²) in [6.07, 6.45) is 0.773. The van der Waals surface area contributed by atoms with Crippen LogP contribution in [0, 0.1) is 0 Å². The van der Waals surface area contributed by atoms with Crippen molar-refractivity contribution in [3.63, 3.8) is 0 Å². The van der Waals surface area contributed by atoms with Gasteiger partial charge in [-0.25, -0.2) is 4.79 Å². The van der Waals surface area contributed by atoms with Gasteiger partial charge in [0.15, 0.2) is 0 Å². The summed E-state index contributed by atoms with van der Waals surface area (Å²) in [4.78, 5) is 12.4. The second-order valence-corrected chi connectivity index (χ2v) is 6.19. The number of hydrogen-bond acceptors (Lipinski definition) is 3. The molecular formula is C15H13ClN2O2S. The van der Waals surface area contributed by atoms with Crippen molar-refractivity contribution in [2.75, 3.05) is 0 Å². The van der Waals surface area contributed by atoms with Gasteiger partial charge in [-0.05, 0) is 30.2 Å². The zero-order valence-electron chi connectivity index (χ0n) is 11.3. The molecule has 0 fully saturated rings. The summed E-state index contributed by atoms with van der Waals surface area (Å²) in [5, 5.41) is 15.3. The standard InChI is InChI=1S/C15H13ClN2O2S/c1-2-12-11-7-13(15(19)20)21-14(11)18(17-12)8-9-4-3-5-10(16)6-9/h3-7H,2,8H2,1H3,(H,19,20). The van der Waals surface area contributed by atoms with Crippen LogP contribution in [0.25, 0.3) is 10.2 Å². The number of halogens is 1. The van der Waals surface area contributed by atoms with Gasteiger partial charge in [0.2, 0.25) is 0 Å². The van der Waals surface area contributed by atoms with Gasteiger partial charge in [0.1, 0.15) is 9.71 Å². The summed E-state index contributed by atoms with van der Waals surface area (Å²) < 4.78 is 1.86. The zero-order chi connectivity index (χ0) is 15.0.